The third-order valence-corrected chi connectivity index (χ3v) is 3.80. The van der Waals surface area contributed by atoms with E-state index in [2.05, 4.69) is 9.72 Å². The highest BCUT2D eigenvalue weighted by molar-refractivity contribution is 6.01. The Bertz CT molecular complexity index is 873. The Kier molecular flexibility index (Phi) is 6.12. The largest absolute Gasteiger partial charge is 0.496 e. The highest BCUT2D eigenvalue weighted by Crippen LogP contribution is 2.33. The fourth-order valence-electron chi connectivity index (χ4n) is 2.41. The number of esters is 1. The van der Waals surface area contributed by atoms with E-state index in [1.54, 1.807) is 24.4 Å². The second kappa shape index (κ2) is 8.15. The van der Waals surface area contributed by atoms with Crippen LogP contribution in [0.2, 0.25) is 0 Å². The maximum absolute atomic E-state index is 14.0. The fraction of sp³-hybridized carbons (Fsp3) is 0.278. The number of nitrogens with zero attached hydrogens (tertiary/aromatic N) is 1. The average molecular weight is 397 g/mol. The molecule has 2 rings (SSSR count). The minimum Gasteiger partial charge on any atom is -0.496 e. The molecule has 0 fully saturated rings. The number of methoxy groups -OCH3 is 2. The molecule has 10 heteroatoms. The molecule has 0 unspecified atom stereocenters. The van der Waals surface area contributed by atoms with E-state index in [0.29, 0.717) is 5.56 Å². The van der Waals surface area contributed by atoms with E-state index in [1.165, 1.54) is 37.6 Å². The number of alkyl halides is 3. The predicted octanol–water partition coefficient (Wildman–Crippen LogP) is 2.67. The van der Waals surface area contributed by atoms with Crippen LogP contribution in [0, 0.1) is 6.92 Å². The van der Waals surface area contributed by atoms with E-state index in [-0.39, 0.29) is 17.1 Å². The maximum Gasteiger partial charge on any atom is 0.441 e. The Morgan fingerprint density at radius 2 is 1.79 bits per heavy atom. The monoisotopic (exact) mass is 397 g/mol. The normalized spacial score (nSPS) is 13.2. The van der Waals surface area contributed by atoms with Crippen LogP contribution in [0.4, 0.5) is 19.0 Å². The van der Waals surface area contributed by atoms with Crippen LogP contribution >= 0.6 is 0 Å². The van der Waals surface area contributed by atoms with Crippen molar-refractivity contribution >= 4 is 17.7 Å². The van der Waals surface area contributed by atoms with Gasteiger partial charge in [-0.15, -0.1) is 0 Å². The van der Waals surface area contributed by atoms with Crippen LogP contribution in [0.25, 0.3) is 0 Å². The summed E-state index contributed by atoms with van der Waals surface area (Å²) in [4.78, 5) is 28.6. The van der Waals surface area contributed by atoms with Gasteiger partial charge >= 0.3 is 17.8 Å². The lowest BCUT2D eigenvalue weighted by molar-refractivity contribution is -0.203. The zero-order chi connectivity index (χ0) is 20.9. The van der Waals surface area contributed by atoms with E-state index in [9.17, 15) is 22.8 Å². The number of aryl methyl sites for hydroxylation is 1. The molecule has 2 N–H and O–H groups in total. The SMILES string of the molecule is COC(=O)[C@@](NC(=O)c1ccccc1OC)(Nc1cc(C)ccn1)C(F)(F)F. The fourth-order valence-corrected chi connectivity index (χ4v) is 2.41. The van der Waals surface area contributed by atoms with Gasteiger partial charge in [-0.25, -0.2) is 9.78 Å². The number of aromatic nitrogens is 1. The van der Waals surface area contributed by atoms with Gasteiger partial charge in [0.2, 0.25) is 0 Å². The lowest BCUT2D eigenvalue weighted by Crippen LogP contribution is -2.69. The number of pyridine rings is 1. The Hall–Kier alpha value is -3.30. The first-order chi connectivity index (χ1) is 13.1. The number of para-hydroxylation sites is 1. The molecule has 2 aromatic rings. The number of rotatable bonds is 6. The van der Waals surface area contributed by atoms with Gasteiger partial charge in [-0.1, -0.05) is 12.1 Å². The molecular formula is C18H18F3N3O4. The standard InChI is InChI=1S/C18H18F3N3O4/c1-11-8-9-22-14(10-11)23-17(16(26)28-3,18(19,20)21)24-15(25)12-6-4-5-7-13(12)27-2/h4-10H,1-3H3,(H,22,23)(H,24,25)/t17-/m0/s1. The van der Waals surface area contributed by atoms with Gasteiger partial charge in [0.15, 0.2) is 0 Å². The van der Waals surface area contributed by atoms with Crippen molar-refractivity contribution in [2.24, 2.45) is 0 Å². The highest BCUT2D eigenvalue weighted by Gasteiger charge is 2.63. The van der Waals surface area contributed by atoms with Gasteiger partial charge in [0, 0.05) is 6.20 Å². The summed E-state index contributed by atoms with van der Waals surface area (Å²) in [5.74, 6) is -3.19. The van der Waals surface area contributed by atoms with Crippen LogP contribution in [0.15, 0.2) is 42.6 Å². The second-order valence-corrected chi connectivity index (χ2v) is 5.74. The third-order valence-electron chi connectivity index (χ3n) is 3.80. The Labute approximate surface area is 158 Å². The molecule has 0 bridgehead atoms. The topological polar surface area (TPSA) is 89.5 Å². The van der Waals surface area contributed by atoms with Crippen LogP contribution in [-0.2, 0) is 9.53 Å². The molecule has 1 heterocycles. The summed E-state index contributed by atoms with van der Waals surface area (Å²) >= 11 is 0. The van der Waals surface area contributed by atoms with Gasteiger partial charge < -0.3 is 20.1 Å². The van der Waals surface area contributed by atoms with Gasteiger partial charge in [-0.2, -0.15) is 13.2 Å². The van der Waals surface area contributed by atoms with Gasteiger partial charge in [-0.05, 0) is 36.8 Å². The number of hydrogen-bond donors (Lipinski definition) is 2. The van der Waals surface area contributed by atoms with Gasteiger partial charge in [0.05, 0.1) is 19.8 Å². The molecule has 1 atom stereocenters. The molecule has 0 saturated heterocycles. The van der Waals surface area contributed by atoms with Crippen molar-refractivity contribution in [1.29, 1.82) is 0 Å². The molecule has 0 saturated carbocycles. The summed E-state index contributed by atoms with van der Waals surface area (Å²) in [6.07, 6.45) is -4.00. The van der Waals surface area contributed by atoms with Gasteiger partial charge in [0.25, 0.3) is 5.91 Å². The average Bonchev–Trinajstić information content (AvgIpc) is 2.65. The maximum atomic E-state index is 14.0. The number of ether oxygens (including phenoxy) is 2. The summed E-state index contributed by atoms with van der Waals surface area (Å²) in [6.45, 7) is 1.63. The lowest BCUT2D eigenvalue weighted by atomic mass is 10.1. The van der Waals surface area contributed by atoms with Gasteiger partial charge in [0.1, 0.15) is 11.6 Å². The van der Waals surface area contributed by atoms with Crippen LogP contribution in [0.3, 0.4) is 0 Å². The minimum atomic E-state index is -5.26. The first-order valence-electron chi connectivity index (χ1n) is 7.96. The predicted molar refractivity (Wildman–Crippen MR) is 93.9 cm³/mol. The molecule has 0 radical (unpaired) electrons. The zero-order valence-corrected chi connectivity index (χ0v) is 15.3. The van der Waals surface area contributed by atoms with Crippen molar-refractivity contribution in [2.75, 3.05) is 19.5 Å². The number of hydrogen-bond acceptors (Lipinski definition) is 6. The van der Waals surface area contributed by atoms with Crippen molar-refractivity contribution in [2.45, 2.75) is 18.8 Å². The van der Waals surface area contributed by atoms with Gasteiger partial charge in [-0.3, -0.25) is 4.79 Å². The molecule has 0 aliphatic heterocycles. The minimum absolute atomic E-state index is 0.0367. The molecule has 28 heavy (non-hydrogen) atoms. The molecule has 0 spiro atoms. The summed E-state index contributed by atoms with van der Waals surface area (Å²) in [5, 5.41) is 3.69. The molecular weight excluding hydrogens is 379 g/mol. The smallest absolute Gasteiger partial charge is 0.441 e. The van der Waals surface area contributed by atoms with Crippen LogP contribution in [0.5, 0.6) is 5.75 Å². The van der Waals surface area contributed by atoms with Crippen molar-refractivity contribution in [1.82, 2.24) is 10.3 Å². The summed E-state index contributed by atoms with van der Waals surface area (Å²) < 4.78 is 51.4. The molecule has 0 aliphatic carbocycles. The van der Waals surface area contributed by atoms with E-state index < -0.39 is 23.7 Å². The Morgan fingerprint density at radius 1 is 1.11 bits per heavy atom. The second-order valence-electron chi connectivity index (χ2n) is 5.74. The molecule has 7 nitrogen and oxygen atoms in total. The molecule has 1 aromatic carbocycles. The Morgan fingerprint density at radius 3 is 2.36 bits per heavy atom. The lowest BCUT2D eigenvalue weighted by Gasteiger charge is -2.34. The van der Waals surface area contributed by atoms with Crippen LogP contribution in [0.1, 0.15) is 15.9 Å². The van der Waals surface area contributed by atoms with Crippen molar-refractivity contribution < 1.29 is 32.2 Å². The zero-order valence-electron chi connectivity index (χ0n) is 15.3. The number of amides is 1. The number of halogens is 3. The van der Waals surface area contributed by atoms with E-state index >= 15 is 0 Å². The number of nitrogens with one attached hydrogen (secondary N) is 2. The van der Waals surface area contributed by atoms with E-state index in [4.69, 9.17) is 4.74 Å². The molecule has 1 aromatic heterocycles. The van der Waals surface area contributed by atoms with E-state index in [0.717, 1.165) is 7.11 Å². The van der Waals surface area contributed by atoms with Crippen molar-refractivity contribution in [3.63, 3.8) is 0 Å². The number of carbonyl (C=O) groups excluding carboxylic acids is 2. The Balaban J connectivity index is 2.53. The summed E-state index contributed by atoms with van der Waals surface area (Å²) in [6, 6.07) is 8.50. The van der Waals surface area contributed by atoms with Crippen LogP contribution < -0.4 is 15.4 Å². The highest BCUT2D eigenvalue weighted by atomic mass is 19.4. The quantitative estimate of drug-likeness (QED) is 0.576. The molecule has 1 amide bonds. The summed E-state index contributed by atoms with van der Waals surface area (Å²) in [7, 11) is 2.04. The van der Waals surface area contributed by atoms with Crippen molar-refractivity contribution in [3.8, 4) is 5.75 Å². The molecule has 150 valence electrons. The van der Waals surface area contributed by atoms with E-state index in [1.807, 2.05) is 5.32 Å². The number of anilines is 1. The van der Waals surface area contributed by atoms with Crippen molar-refractivity contribution in [3.05, 3.63) is 53.7 Å². The first-order valence-corrected chi connectivity index (χ1v) is 7.96. The molecule has 0 aliphatic rings. The van der Waals surface area contributed by atoms with Crippen LogP contribution in [-0.4, -0.2) is 42.9 Å². The first kappa shape index (κ1) is 21.0. The third kappa shape index (κ3) is 4.16. The number of carbonyl (C=O) groups is 2. The summed E-state index contributed by atoms with van der Waals surface area (Å²) in [5.41, 5.74) is -3.17. The number of benzene rings is 1.